The second-order valence-corrected chi connectivity index (χ2v) is 7.62. The molecule has 0 aromatic heterocycles. The van der Waals surface area contributed by atoms with Crippen LogP contribution < -0.4 is 0 Å². The van der Waals surface area contributed by atoms with Crippen molar-refractivity contribution in [3.05, 3.63) is 0 Å². The zero-order valence-electron chi connectivity index (χ0n) is 9.48. The van der Waals surface area contributed by atoms with Gasteiger partial charge in [0.25, 0.3) is 0 Å². The van der Waals surface area contributed by atoms with E-state index in [9.17, 15) is 25.9 Å². The first-order valence-corrected chi connectivity index (χ1v) is 6.67. The molecule has 0 atom stereocenters. The minimum atomic E-state index is -4.53. The minimum Gasteiger partial charge on any atom is -0.746 e. The molecule has 0 saturated heterocycles. The van der Waals surface area contributed by atoms with Crippen molar-refractivity contribution in [2.24, 2.45) is 0 Å². The van der Waals surface area contributed by atoms with Crippen molar-refractivity contribution in [1.29, 1.82) is 0 Å². The van der Waals surface area contributed by atoms with Crippen LogP contribution in [0.2, 0.25) is 0 Å². The van der Waals surface area contributed by atoms with E-state index < -0.39 is 30.1 Å². The summed E-state index contributed by atoms with van der Waals surface area (Å²) in [5, 5.41) is 16.9. The Morgan fingerprint density at radius 1 is 0.765 bits per heavy atom. The van der Waals surface area contributed by atoms with E-state index in [1.807, 2.05) is 0 Å². The third-order valence-electron chi connectivity index (χ3n) is 1.22. The molecule has 2 N–H and O–H groups in total. The Balaban J connectivity index is -0.000000218. The van der Waals surface area contributed by atoms with E-state index in [1.165, 1.54) is 0 Å². The molecule has 0 rings (SSSR count). The van der Waals surface area contributed by atoms with Gasteiger partial charge in [0.1, 0.15) is 30.1 Å². The molecule has 0 amide bonds. The quantitative estimate of drug-likeness (QED) is 0.456. The summed E-state index contributed by atoms with van der Waals surface area (Å²) in [6.07, 6.45) is 0. The summed E-state index contributed by atoms with van der Waals surface area (Å²) in [7, 11) is -9.07. The summed E-state index contributed by atoms with van der Waals surface area (Å²) >= 11 is 0. The summed E-state index contributed by atoms with van der Waals surface area (Å²) in [4.78, 5) is -4.29. The topological polar surface area (TPSA) is 155 Å². The minimum absolute atomic E-state index is 0. The molecule has 11 heteroatoms. The van der Waals surface area contributed by atoms with Gasteiger partial charge >= 0.3 is 16.5 Å². The summed E-state index contributed by atoms with van der Waals surface area (Å²) in [6, 6.07) is 0. The van der Waals surface area contributed by atoms with Gasteiger partial charge < -0.3 is 19.3 Å². The maximum Gasteiger partial charge on any atom is 2.00 e. The number of hydrogen-bond donors (Lipinski definition) is 2. The van der Waals surface area contributed by atoms with Crippen LogP contribution >= 0.6 is 0 Å². The zero-order valence-corrected chi connectivity index (χ0v) is 12.1. The molecule has 17 heavy (non-hydrogen) atoms. The van der Waals surface area contributed by atoms with Crippen LogP contribution in [0.3, 0.4) is 0 Å². The van der Waals surface area contributed by atoms with Crippen LogP contribution in [0.1, 0.15) is 27.7 Å². The van der Waals surface area contributed by atoms with Crippen molar-refractivity contribution in [3.8, 4) is 0 Å². The summed E-state index contributed by atoms with van der Waals surface area (Å²) in [5.74, 6) is 0. The van der Waals surface area contributed by atoms with E-state index in [2.05, 4.69) is 0 Å². The smallest absolute Gasteiger partial charge is 0.746 e. The Kier molecular flexibility index (Phi) is 8.46. The second-order valence-electron chi connectivity index (χ2n) is 3.80. The molecule has 0 saturated carbocycles. The van der Waals surface area contributed by atoms with Gasteiger partial charge in [-0.2, -0.15) is 0 Å². The first-order chi connectivity index (χ1) is 6.50. The molecule has 0 radical (unpaired) electrons. The fourth-order valence-corrected chi connectivity index (χ4v) is 0. The van der Waals surface area contributed by atoms with Crippen molar-refractivity contribution >= 4 is 20.2 Å². The Hall–Kier alpha value is 0.234. The molecule has 0 aliphatic heterocycles. The molecule has 0 aromatic carbocycles. The molecular formula is C6H14NiO8S2. The zero-order chi connectivity index (χ0) is 14.0. The molecule has 0 bridgehead atoms. The first kappa shape index (κ1) is 22.4. The van der Waals surface area contributed by atoms with Crippen LogP contribution in [-0.4, -0.2) is 46.0 Å². The number of rotatable bonds is 2. The third kappa shape index (κ3) is 9.89. The van der Waals surface area contributed by atoms with Crippen molar-refractivity contribution in [1.82, 2.24) is 0 Å². The molecule has 8 nitrogen and oxygen atoms in total. The standard InChI is InChI=1S/2C3H8O4S.Ni/c2*1-3(2,4)8(5,6)7;/h2*4H,1-2H3,(H,5,6,7);/q;;+2/p-2. The summed E-state index contributed by atoms with van der Waals surface area (Å²) in [6.45, 7) is 3.70. The van der Waals surface area contributed by atoms with E-state index in [-0.39, 0.29) is 16.5 Å². The fraction of sp³-hybridized carbons (Fsp3) is 1.00. The molecule has 0 aromatic rings. The summed E-state index contributed by atoms with van der Waals surface area (Å²) in [5.41, 5.74) is 0. The van der Waals surface area contributed by atoms with Crippen LogP contribution in [0.25, 0.3) is 0 Å². The maximum absolute atomic E-state index is 9.85. The van der Waals surface area contributed by atoms with E-state index in [0.29, 0.717) is 0 Å². The Morgan fingerprint density at radius 3 is 0.824 bits per heavy atom. The predicted octanol–water partition coefficient (Wildman–Crippen LogP) is -1.48. The van der Waals surface area contributed by atoms with Crippen molar-refractivity contribution < 1.29 is 52.6 Å². The Morgan fingerprint density at radius 2 is 0.824 bits per heavy atom. The van der Waals surface area contributed by atoms with E-state index in [4.69, 9.17) is 10.2 Å². The first-order valence-electron chi connectivity index (χ1n) is 3.86. The average Bonchev–Trinajstić information content (AvgIpc) is 1.77. The van der Waals surface area contributed by atoms with E-state index in [0.717, 1.165) is 27.7 Å². The monoisotopic (exact) mass is 336 g/mol. The molecule has 0 fully saturated rings. The Labute approximate surface area is 110 Å². The van der Waals surface area contributed by atoms with Crippen LogP contribution in [-0.2, 0) is 36.7 Å². The van der Waals surface area contributed by atoms with Gasteiger partial charge in [-0.3, -0.25) is 0 Å². The van der Waals surface area contributed by atoms with Gasteiger partial charge in [-0.05, 0) is 27.7 Å². The van der Waals surface area contributed by atoms with E-state index >= 15 is 0 Å². The van der Waals surface area contributed by atoms with Gasteiger partial charge in [-0.15, -0.1) is 0 Å². The molecule has 0 aliphatic carbocycles. The van der Waals surface area contributed by atoms with Crippen LogP contribution in [0, 0.1) is 0 Å². The largest absolute Gasteiger partial charge is 2.00 e. The molecule has 108 valence electrons. The van der Waals surface area contributed by atoms with Crippen LogP contribution in [0.4, 0.5) is 0 Å². The third-order valence-corrected chi connectivity index (χ3v) is 3.67. The maximum atomic E-state index is 9.85. The molecular weight excluding hydrogens is 323 g/mol. The fourth-order valence-electron chi connectivity index (χ4n) is 0. The summed E-state index contributed by atoms with van der Waals surface area (Å²) < 4.78 is 59.1. The molecule has 0 heterocycles. The molecule has 0 aliphatic rings. The average molecular weight is 337 g/mol. The van der Waals surface area contributed by atoms with Gasteiger partial charge in [0.05, 0.1) is 0 Å². The van der Waals surface area contributed by atoms with Crippen molar-refractivity contribution in [2.45, 2.75) is 37.6 Å². The van der Waals surface area contributed by atoms with Gasteiger partial charge in [0, 0.05) is 0 Å². The van der Waals surface area contributed by atoms with Gasteiger partial charge in [-0.25, -0.2) is 16.8 Å². The molecule has 0 unspecified atom stereocenters. The second kappa shape index (κ2) is 6.41. The Bertz CT molecular complexity index is 368. The molecule has 0 spiro atoms. The van der Waals surface area contributed by atoms with Crippen LogP contribution in [0.15, 0.2) is 0 Å². The van der Waals surface area contributed by atoms with Crippen molar-refractivity contribution in [2.75, 3.05) is 0 Å². The van der Waals surface area contributed by atoms with E-state index in [1.54, 1.807) is 0 Å². The number of aliphatic hydroxyl groups is 2. The van der Waals surface area contributed by atoms with Gasteiger partial charge in [0.2, 0.25) is 0 Å². The number of hydrogen-bond acceptors (Lipinski definition) is 8. The van der Waals surface area contributed by atoms with Crippen LogP contribution in [0.5, 0.6) is 0 Å². The normalized spacial score (nSPS) is 13.2. The SMILES string of the molecule is CC(C)(O)S(=O)(=O)[O-].CC(C)(O)S(=O)(=O)[O-].[Ni+2]. The van der Waals surface area contributed by atoms with Crippen molar-refractivity contribution in [3.63, 3.8) is 0 Å². The van der Waals surface area contributed by atoms with Gasteiger partial charge in [0.15, 0.2) is 0 Å². The van der Waals surface area contributed by atoms with Gasteiger partial charge in [-0.1, -0.05) is 0 Å². The predicted molar refractivity (Wildman–Crippen MR) is 52.0 cm³/mol.